The summed E-state index contributed by atoms with van der Waals surface area (Å²) in [7, 11) is 3.07. The Morgan fingerprint density at radius 2 is 2.00 bits per heavy atom. The van der Waals surface area contributed by atoms with Crippen molar-refractivity contribution in [3.63, 3.8) is 0 Å². The second-order valence-electron chi connectivity index (χ2n) is 3.34. The van der Waals surface area contributed by atoms with Gasteiger partial charge < -0.3 is 11.1 Å². The maximum absolute atomic E-state index is 11.5. The van der Waals surface area contributed by atoms with Crippen LogP contribution >= 0.6 is 0 Å². The first-order valence-electron chi connectivity index (χ1n) is 4.79. The van der Waals surface area contributed by atoms with Gasteiger partial charge in [0.1, 0.15) is 5.82 Å². The van der Waals surface area contributed by atoms with E-state index in [-0.39, 0.29) is 11.2 Å². The summed E-state index contributed by atoms with van der Waals surface area (Å²) >= 11 is 0. The molecule has 6 heteroatoms. The highest BCUT2D eigenvalue weighted by molar-refractivity contribution is 5.33. The molecule has 0 saturated carbocycles. The monoisotopic (exact) mass is 212 g/mol. The summed E-state index contributed by atoms with van der Waals surface area (Å²) in [6, 6.07) is 1.40. The van der Waals surface area contributed by atoms with Crippen molar-refractivity contribution in [3.05, 3.63) is 26.9 Å². The number of rotatable bonds is 4. The first-order valence-corrected chi connectivity index (χ1v) is 4.79. The van der Waals surface area contributed by atoms with Crippen LogP contribution in [-0.4, -0.2) is 22.2 Å². The second-order valence-corrected chi connectivity index (χ2v) is 3.34. The van der Waals surface area contributed by atoms with Crippen molar-refractivity contribution in [1.82, 2.24) is 9.13 Å². The fourth-order valence-electron chi connectivity index (χ4n) is 1.22. The molecule has 0 saturated heterocycles. The van der Waals surface area contributed by atoms with E-state index < -0.39 is 0 Å². The Morgan fingerprint density at radius 3 is 2.60 bits per heavy atom. The Kier molecular flexibility index (Phi) is 3.68. The molecule has 1 heterocycles. The molecule has 0 fully saturated rings. The van der Waals surface area contributed by atoms with Crippen molar-refractivity contribution in [1.29, 1.82) is 0 Å². The van der Waals surface area contributed by atoms with Gasteiger partial charge in [0.25, 0.3) is 5.56 Å². The summed E-state index contributed by atoms with van der Waals surface area (Å²) in [6.45, 7) is 1.22. The lowest BCUT2D eigenvalue weighted by Gasteiger charge is -2.10. The molecule has 84 valence electrons. The van der Waals surface area contributed by atoms with E-state index in [0.717, 1.165) is 11.0 Å². The molecule has 0 aliphatic heterocycles. The van der Waals surface area contributed by atoms with Crippen molar-refractivity contribution in [2.45, 2.75) is 6.42 Å². The SMILES string of the molecule is Cn1c(NCCCN)cc(=O)n(C)c1=O. The van der Waals surface area contributed by atoms with Crippen molar-refractivity contribution < 1.29 is 0 Å². The van der Waals surface area contributed by atoms with Crippen molar-refractivity contribution >= 4 is 5.82 Å². The predicted molar refractivity (Wildman–Crippen MR) is 59.1 cm³/mol. The Morgan fingerprint density at radius 1 is 1.33 bits per heavy atom. The molecular weight excluding hydrogens is 196 g/mol. The lowest BCUT2D eigenvalue weighted by Crippen LogP contribution is -2.37. The van der Waals surface area contributed by atoms with Crippen LogP contribution in [0.1, 0.15) is 6.42 Å². The first kappa shape index (κ1) is 11.5. The zero-order chi connectivity index (χ0) is 11.4. The molecule has 15 heavy (non-hydrogen) atoms. The number of nitrogens with two attached hydrogens (primary N) is 1. The fourth-order valence-corrected chi connectivity index (χ4v) is 1.22. The quantitative estimate of drug-likeness (QED) is 0.617. The normalized spacial score (nSPS) is 10.3. The fraction of sp³-hybridized carbons (Fsp3) is 0.556. The van der Waals surface area contributed by atoms with Crippen molar-refractivity contribution in [3.8, 4) is 0 Å². The summed E-state index contributed by atoms with van der Waals surface area (Å²) in [6.07, 6.45) is 0.795. The van der Waals surface area contributed by atoms with Crippen LogP contribution < -0.4 is 22.3 Å². The van der Waals surface area contributed by atoms with Gasteiger partial charge in [-0.05, 0) is 13.0 Å². The molecule has 0 aromatic carbocycles. The van der Waals surface area contributed by atoms with E-state index in [0.29, 0.717) is 18.9 Å². The zero-order valence-corrected chi connectivity index (χ0v) is 8.99. The average molecular weight is 212 g/mol. The van der Waals surface area contributed by atoms with Gasteiger partial charge in [-0.3, -0.25) is 13.9 Å². The van der Waals surface area contributed by atoms with E-state index in [1.54, 1.807) is 7.05 Å². The summed E-state index contributed by atoms with van der Waals surface area (Å²) in [4.78, 5) is 22.8. The molecule has 0 bridgehead atoms. The van der Waals surface area contributed by atoms with Gasteiger partial charge >= 0.3 is 5.69 Å². The summed E-state index contributed by atoms with van der Waals surface area (Å²) in [5.41, 5.74) is 4.69. The van der Waals surface area contributed by atoms with Crippen LogP contribution in [0.4, 0.5) is 5.82 Å². The van der Waals surface area contributed by atoms with Gasteiger partial charge in [0.05, 0.1) is 0 Å². The van der Waals surface area contributed by atoms with E-state index in [9.17, 15) is 9.59 Å². The highest BCUT2D eigenvalue weighted by Gasteiger charge is 2.04. The Labute approximate surface area is 87.3 Å². The topological polar surface area (TPSA) is 82.1 Å². The van der Waals surface area contributed by atoms with E-state index in [1.807, 2.05) is 0 Å². The Bertz CT molecular complexity index is 446. The van der Waals surface area contributed by atoms with Crippen LogP contribution in [0.3, 0.4) is 0 Å². The smallest absolute Gasteiger partial charge is 0.332 e. The number of aromatic nitrogens is 2. The molecule has 1 rings (SSSR count). The summed E-state index contributed by atoms with van der Waals surface area (Å²) in [5, 5.41) is 2.99. The van der Waals surface area contributed by atoms with Gasteiger partial charge in [0, 0.05) is 26.7 Å². The van der Waals surface area contributed by atoms with Gasteiger partial charge in [-0.25, -0.2) is 4.79 Å². The predicted octanol–water partition coefficient (Wildman–Crippen LogP) is -1.16. The van der Waals surface area contributed by atoms with Crippen molar-refractivity contribution in [2.75, 3.05) is 18.4 Å². The van der Waals surface area contributed by atoms with E-state index in [1.165, 1.54) is 17.7 Å². The van der Waals surface area contributed by atoms with Gasteiger partial charge in [-0.15, -0.1) is 0 Å². The number of hydrogen-bond donors (Lipinski definition) is 2. The molecule has 1 aromatic rings. The van der Waals surface area contributed by atoms with Crippen LogP contribution in [0.15, 0.2) is 15.7 Å². The second kappa shape index (κ2) is 4.79. The minimum Gasteiger partial charge on any atom is -0.371 e. The van der Waals surface area contributed by atoms with Crippen LogP contribution in [0.25, 0.3) is 0 Å². The molecule has 6 nitrogen and oxygen atoms in total. The standard InChI is InChI=1S/C9H16N4O2/c1-12-7(11-5-3-4-10)6-8(14)13(2)9(12)15/h6,11H,3-5,10H2,1-2H3. The Balaban J connectivity index is 3.00. The minimum absolute atomic E-state index is 0.312. The molecular formula is C9H16N4O2. The van der Waals surface area contributed by atoms with Crippen LogP contribution in [-0.2, 0) is 14.1 Å². The molecule has 0 aliphatic carbocycles. The highest BCUT2D eigenvalue weighted by atomic mass is 16.2. The summed E-state index contributed by atoms with van der Waals surface area (Å²) < 4.78 is 2.46. The van der Waals surface area contributed by atoms with Crippen LogP contribution in [0.2, 0.25) is 0 Å². The molecule has 0 unspecified atom stereocenters. The van der Waals surface area contributed by atoms with E-state index >= 15 is 0 Å². The average Bonchev–Trinajstić information content (AvgIpc) is 2.23. The van der Waals surface area contributed by atoms with Gasteiger partial charge in [-0.2, -0.15) is 0 Å². The van der Waals surface area contributed by atoms with Gasteiger partial charge in [0.2, 0.25) is 0 Å². The summed E-state index contributed by atoms with van der Waals surface area (Å²) in [5.74, 6) is 0.525. The molecule has 0 radical (unpaired) electrons. The van der Waals surface area contributed by atoms with Crippen molar-refractivity contribution in [2.24, 2.45) is 19.8 Å². The maximum atomic E-state index is 11.5. The Hall–Kier alpha value is -1.56. The molecule has 1 aromatic heterocycles. The third-order valence-electron chi connectivity index (χ3n) is 2.21. The number of nitrogens with zero attached hydrogens (tertiary/aromatic N) is 2. The lowest BCUT2D eigenvalue weighted by atomic mass is 10.4. The van der Waals surface area contributed by atoms with E-state index in [2.05, 4.69) is 5.32 Å². The van der Waals surface area contributed by atoms with E-state index in [4.69, 9.17) is 5.73 Å². The molecule has 3 N–H and O–H groups in total. The van der Waals surface area contributed by atoms with Gasteiger partial charge in [-0.1, -0.05) is 0 Å². The number of anilines is 1. The highest BCUT2D eigenvalue weighted by Crippen LogP contribution is 1.97. The van der Waals surface area contributed by atoms with Crippen LogP contribution in [0, 0.1) is 0 Å². The maximum Gasteiger partial charge on any atom is 0.332 e. The van der Waals surface area contributed by atoms with Gasteiger partial charge in [0.15, 0.2) is 0 Å². The molecule has 0 aliphatic rings. The number of hydrogen-bond acceptors (Lipinski definition) is 4. The molecule has 0 spiro atoms. The number of nitrogens with one attached hydrogen (secondary N) is 1. The third-order valence-corrected chi connectivity index (χ3v) is 2.21. The van der Waals surface area contributed by atoms with Crippen LogP contribution in [0.5, 0.6) is 0 Å². The lowest BCUT2D eigenvalue weighted by molar-refractivity contribution is 0.687. The minimum atomic E-state index is -0.335. The molecule has 0 atom stereocenters. The zero-order valence-electron chi connectivity index (χ0n) is 8.99. The largest absolute Gasteiger partial charge is 0.371 e. The third kappa shape index (κ3) is 2.47. The first-order chi connectivity index (χ1) is 7.07. The molecule has 0 amide bonds.